The molecular formula is C17H17N3O4. The van der Waals surface area contributed by atoms with Crippen molar-refractivity contribution in [3.8, 4) is 11.5 Å². The lowest BCUT2D eigenvalue weighted by Crippen LogP contribution is -2.53. The summed E-state index contributed by atoms with van der Waals surface area (Å²) in [5.41, 5.74) is 1.52. The fraction of sp³-hybridized carbons (Fsp3) is 0.294. The Bertz CT molecular complexity index is 814. The van der Waals surface area contributed by atoms with Crippen LogP contribution in [0.1, 0.15) is 16.1 Å². The highest BCUT2D eigenvalue weighted by Gasteiger charge is 2.33. The minimum atomic E-state index is -0.522. The third kappa shape index (κ3) is 2.38. The van der Waals surface area contributed by atoms with Crippen molar-refractivity contribution in [2.24, 2.45) is 0 Å². The molecule has 0 aliphatic carbocycles. The van der Waals surface area contributed by atoms with E-state index in [0.717, 1.165) is 5.56 Å². The average Bonchev–Trinajstić information content (AvgIpc) is 3.24. The van der Waals surface area contributed by atoms with Gasteiger partial charge in [-0.2, -0.15) is 0 Å². The minimum Gasteiger partial charge on any atom is -0.454 e. The molecule has 24 heavy (non-hydrogen) atoms. The van der Waals surface area contributed by atoms with Crippen LogP contribution in [0.5, 0.6) is 11.5 Å². The molecule has 2 aliphatic rings. The van der Waals surface area contributed by atoms with Crippen LogP contribution in [0, 0.1) is 0 Å². The van der Waals surface area contributed by atoms with Crippen LogP contribution in [0.2, 0.25) is 0 Å². The molecule has 1 aromatic heterocycles. The van der Waals surface area contributed by atoms with Crippen LogP contribution in [0.3, 0.4) is 0 Å². The van der Waals surface area contributed by atoms with Gasteiger partial charge in [0.25, 0.3) is 5.91 Å². The van der Waals surface area contributed by atoms with Crippen molar-refractivity contribution >= 4 is 11.8 Å². The van der Waals surface area contributed by atoms with Gasteiger partial charge in [-0.3, -0.25) is 9.59 Å². The summed E-state index contributed by atoms with van der Waals surface area (Å²) in [5.74, 6) is 1.07. The molecule has 0 fully saturated rings. The topological polar surface area (TPSA) is 72.8 Å². The highest BCUT2D eigenvalue weighted by atomic mass is 16.7. The molecule has 1 aromatic carbocycles. The van der Waals surface area contributed by atoms with E-state index in [9.17, 15) is 9.59 Å². The molecule has 2 aromatic rings. The molecular weight excluding hydrogens is 310 g/mol. The van der Waals surface area contributed by atoms with E-state index in [1.54, 1.807) is 13.1 Å². The number of carbonyl (C=O) groups is 2. The van der Waals surface area contributed by atoms with Gasteiger partial charge in [0.1, 0.15) is 11.7 Å². The van der Waals surface area contributed by atoms with Gasteiger partial charge >= 0.3 is 0 Å². The van der Waals surface area contributed by atoms with Gasteiger partial charge < -0.3 is 24.3 Å². The number of amides is 2. The molecule has 7 heteroatoms. The number of rotatable bonds is 3. The van der Waals surface area contributed by atoms with E-state index >= 15 is 0 Å². The molecule has 0 saturated heterocycles. The smallest absolute Gasteiger partial charge is 0.270 e. The van der Waals surface area contributed by atoms with Crippen molar-refractivity contribution in [3.63, 3.8) is 0 Å². The Morgan fingerprint density at radius 2 is 2.12 bits per heavy atom. The number of benzene rings is 1. The molecule has 3 heterocycles. The Morgan fingerprint density at radius 1 is 1.29 bits per heavy atom. The minimum absolute atomic E-state index is 0.144. The molecule has 124 valence electrons. The molecule has 0 saturated carbocycles. The summed E-state index contributed by atoms with van der Waals surface area (Å²) in [5, 5.41) is 2.89. The lowest BCUT2D eigenvalue weighted by molar-refractivity contribution is -0.126. The lowest BCUT2D eigenvalue weighted by Gasteiger charge is -2.32. The summed E-state index contributed by atoms with van der Waals surface area (Å²) in [6.07, 6.45) is 1.82. The standard InChI is InChI=1S/C17H17N3O4/c1-19-13(9-20-6-2-3-12(20)17(19)22)16(21)18-8-11-4-5-14-15(7-11)24-10-23-14/h2-7,13H,8-10H2,1H3,(H,18,21). The summed E-state index contributed by atoms with van der Waals surface area (Å²) in [7, 11) is 1.66. The van der Waals surface area contributed by atoms with Crippen LogP contribution in [-0.4, -0.2) is 41.2 Å². The zero-order valence-corrected chi connectivity index (χ0v) is 13.2. The molecule has 2 aliphatic heterocycles. The number of ether oxygens (including phenoxy) is 2. The van der Waals surface area contributed by atoms with Crippen molar-refractivity contribution in [2.45, 2.75) is 19.1 Å². The van der Waals surface area contributed by atoms with Gasteiger partial charge in [0, 0.05) is 19.8 Å². The SMILES string of the molecule is CN1C(=O)c2cccn2CC1C(=O)NCc1ccc2c(c1)OCO2. The summed E-state index contributed by atoms with van der Waals surface area (Å²) in [6.45, 7) is 1.05. The van der Waals surface area contributed by atoms with E-state index in [0.29, 0.717) is 30.3 Å². The number of fused-ring (bicyclic) bond motifs is 2. The third-order valence-electron chi connectivity index (χ3n) is 4.41. The number of aromatic nitrogens is 1. The number of nitrogens with zero attached hydrogens (tertiary/aromatic N) is 2. The molecule has 4 rings (SSSR count). The maximum atomic E-state index is 12.5. The van der Waals surface area contributed by atoms with Gasteiger partial charge in [-0.1, -0.05) is 6.07 Å². The van der Waals surface area contributed by atoms with Gasteiger partial charge in [-0.25, -0.2) is 0 Å². The van der Waals surface area contributed by atoms with Crippen LogP contribution < -0.4 is 14.8 Å². The zero-order valence-electron chi connectivity index (χ0n) is 13.2. The van der Waals surface area contributed by atoms with Crippen molar-refractivity contribution in [1.82, 2.24) is 14.8 Å². The Morgan fingerprint density at radius 3 is 3.00 bits per heavy atom. The largest absolute Gasteiger partial charge is 0.454 e. The van der Waals surface area contributed by atoms with Crippen LogP contribution in [0.25, 0.3) is 0 Å². The van der Waals surface area contributed by atoms with Crippen LogP contribution >= 0.6 is 0 Å². The second-order valence-corrected chi connectivity index (χ2v) is 5.88. The average molecular weight is 327 g/mol. The van der Waals surface area contributed by atoms with Gasteiger partial charge in [0.15, 0.2) is 11.5 Å². The van der Waals surface area contributed by atoms with Crippen LogP contribution in [0.4, 0.5) is 0 Å². The molecule has 1 atom stereocenters. The first-order valence-corrected chi connectivity index (χ1v) is 7.72. The van der Waals surface area contributed by atoms with Crippen molar-refractivity contribution in [2.75, 3.05) is 13.8 Å². The van der Waals surface area contributed by atoms with E-state index in [1.807, 2.05) is 35.0 Å². The molecule has 0 radical (unpaired) electrons. The van der Waals surface area contributed by atoms with Gasteiger partial charge in [0.2, 0.25) is 12.7 Å². The molecule has 1 unspecified atom stereocenters. The lowest BCUT2D eigenvalue weighted by atomic mass is 10.1. The summed E-state index contributed by atoms with van der Waals surface area (Å²) in [6, 6.07) is 8.61. The summed E-state index contributed by atoms with van der Waals surface area (Å²) < 4.78 is 12.4. The molecule has 0 spiro atoms. The van der Waals surface area contributed by atoms with E-state index in [2.05, 4.69) is 5.32 Å². The van der Waals surface area contributed by atoms with Gasteiger partial charge in [-0.15, -0.1) is 0 Å². The Balaban J connectivity index is 1.44. The molecule has 2 amide bonds. The second-order valence-electron chi connectivity index (χ2n) is 5.88. The van der Waals surface area contributed by atoms with Gasteiger partial charge in [0.05, 0.1) is 6.54 Å². The monoisotopic (exact) mass is 327 g/mol. The number of likely N-dealkylation sites (N-methyl/N-ethyl adjacent to an activating group) is 1. The van der Waals surface area contributed by atoms with Crippen LogP contribution in [-0.2, 0) is 17.9 Å². The first kappa shape index (κ1) is 14.6. The fourth-order valence-electron chi connectivity index (χ4n) is 3.02. The number of hydrogen-bond donors (Lipinski definition) is 1. The molecule has 1 N–H and O–H groups in total. The normalized spacial score (nSPS) is 18.5. The highest BCUT2D eigenvalue weighted by Crippen LogP contribution is 2.32. The maximum Gasteiger partial charge on any atom is 0.270 e. The van der Waals surface area contributed by atoms with E-state index < -0.39 is 6.04 Å². The van der Waals surface area contributed by atoms with E-state index in [-0.39, 0.29) is 18.6 Å². The van der Waals surface area contributed by atoms with Crippen molar-refractivity contribution < 1.29 is 19.1 Å². The first-order valence-electron chi connectivity index (χ1n) is 7.72. The highest BCUT2D eigenvalue weighted by molar-refractivity contribution is 5.97. The summed E-state index contributed by atoms with van der Waals surface area (Å²) >= 11 is 0. The number of carbonyl (C=O) groups excluding carboxylic acids is 2. The predicted molar refractivity (Wildman–Crippen MR) is 84.7 cm³/mol. The number of hydrogen-bond acceptors (Lipinski definition) is 4. The number of nitrogens with one attached hydrogen (secondary N) is 1. The Hall–Kier alpha value is -2.96. The van der Waals surface area contributed by atoms with Crippen molar-refractivity contribution in [1.29, 1.82) is 0 Å². The maximum absolute atomic E-state index is 12.5. The first-order chi connectivity index (χ1) is 11.6. The Kier molecular flexibility index (Phi) is 3.41. The summed E-state index contributed by atoms with van der Waals surface area (Å²) in [4.78, 5) is 26.3. The predicted octanol–water partition coefficient (Wildman–Crippen LogP) is 0.987. The Labute approximate surface area is 138 Å². The quantitative estimate of drug-likeness (QED) is 0.912. The third-order valence-corrected chi connectivity index (χ3v) is 4.41. The van der Waals surface area contributed by atoms with Crippen LogP contribution in [0.15, 0.2) is 36.5 Å². The second kappa shape index (κ2) is 5.59. The van der Waals surface area contributed by atoms with E-state index in [1.165, 1.54) is 4.90 Å². The fourth-order valence-corrected chi connectivity index (χ4v) is 3.02. The molecule has 7 nitrogen and oxygen atoms in total. The van der Waals surface area contributed by atoms with Gasteiger partial charge in [-0.05, 0) is 29.8 Å². The molecule has 0 bridgehead atoms. The van der Waals surface area contributed by atoms with E-state index in [4.69, 9.17) is 9.47 Å². The zero-order chi connectivity index (χ0) is 16.7. The van der Waals surface area contributed by atoms with Crippen molar-refractivity contribution in [3.05, 3.63) is 47.8 Å².